The van der Waals surface area contributed by atoms with Crippen molar-refractivity contribution in [3.8, 4) is 11.5 Å². The van der Waals surface area contributed by atoms with Crippen molar-refractivity contribution in [1.82, 2.24) is 0 Å². The van der Waals surface area contributed by atoms with Crippen molar-refractivity contribution in [2.24, 2.45) is 0 Å². The monoisotopic (exact) mass is 426 g/mol. The molecule has 31 heavy (non-hydrogen) atoms. The minimum Gasteiger partial charge on any atom is -0.497 e. The smallest absolute Gasteiger partial charge is 0.118 e. The van der Waals surface area contributed by atoms with Gasteiger partial charge in [-0.2, -0.15) is 0 Å². The highest BCUT2D eigenvalue weighted by molar-refractivity contribution is 8.00. The number of hydrogen-bond donors (Lipinski definition) is 0. The van der Waals surface area contributed by atoms with E-state index >= 15 is 0 Å². The minimum absolute atomic E-state index is 0.180. The zero-order chi connectivity index (χ0) is 21.5. The van der Waals surface area contributed by atoms with Crippen molar-refractivity contribution in [2.75, 3.05) is 14.2 Å². The van der Waals surface area contributed by atoms with Crippen LogP contribution in [0, 0.1) is 0 Å². The first-order chi connectivity index (χ1) is 15.3. The van der Waals surface area contributed by atoms with Crippen LogP contribution < -0.4 is 9.47 Å². The van der Waals surface area contributed by atoms with E-state index in [1.807, 2.05) is 36.0 Å². The van der Waals surface area contributed by atoms with Crippen molar-refractivity contribution in [1.29, 1.82) is 0 Å². The van der Waals surface area contributed by atoms with Gasteiger partial charge in [-0.25, -0.2) is 0 Å². The van der Waals surface area contributed by atoms with E-state index in [0.29, 0.717) is 0 Å². The van der Waals surface area contributed by atoms with Gasteiger partial charge in [0.1, 0.15) is 11.5 Å². The first kappa shape index (κ1) is 21.1. The summed E-state index contributed by atoms with van der Waals surface area (Å²) in [6.45, 7) is 0. The summed E-state index contributed by atoms with van der Waals surface area (Å²) in [4.78, 5) is 0. The van der Waals surface area contributed by atoms with E-state index < -0.39 is 0 Å². The molecule has 2 nitrogen and oxygen atoms in total. The highest BCUT2D eigenvalue weighted by Crippen LogP contribution is 2.47. The van der Waals surface area contributed by atoms with Crippen LogP contribution in [-0.2, 0) is 0 Å². The fraction of sp³-hybridized carbons (Fsp3) is 0.143. The fourth-order valence-electron chi connectivity index (χ4n) is 3.65. The number of thioether (sulfide) groups is 1. The van der Waals surface area contributed by atoms with E-state index in [2.05, 4.69) is 84.9 Å². The maximum absolute atomic E-state index is 5.38. The molecule has 0 fully saturated rings. The van der Waals surface area contributed by atoms with Gasteiger partial charge in [0.15, 0.2) is 0 Å². The second-order valence-corrected chi connectivity index (χ2v) is 8.48. The van der Waals surface area contributed by atoms with E-state index in [9.17, 15) is 0 Å². The molecule has 0 saturated carbocycles. The molecule has 0 saturated heterocycles. The predicted octanol–water partition coefficient (Wildman–Crippen LogP) is 7.32. The Morgan fingerprint density at radius 2 is 0.774 bits per heavy atom. The van der Waals surface area contributed by atoms with Crippen LogP contribution in [0.25, 0.3) is 0 Å². The highest BCUT2D eigenvalue weighted by Gasteiger charge is 2.23. The molecule has 156 valence electrons. The van der Waals surface area contributed by atoms with Gasteiger partial charge in [0, 0.05) is 0 Å². The molecule has 0 spiro atoms. The number of benzene rings is 4. The molecular formula is C28H26O2S. The third kappa shape index (κ3) is 5.12. The van der Waals surface area contributed by atoms with Crippen LogP contribution in [0.5, 0.6) is 11.5 Å². The standard InChI is InChI=1S/C28H26O2S/c1-29-25-17-13-23(14-18-25)27(21-9-5-3-6-10-21)31-28(22-11-7-4-8-12-22)24-15-19-26(30-2)20-16-24/h3-20,27-28H,1-2H3. The number of rotatable bonds is 8. The molecule has 4 aromatic rings. The van der Waals surface area contributed by atoms with Gasteiger partial charge in [-0.05, 0) is 46.5 Å². The summed E-state index contributed by atoms with van der Waals surface area (Å²) in [5.74, 6) is 1.74. The molecule has 2 atom stereocenters. The van der Waals surface area contributed by atoms with Gasteiger partial charge in [-0.1, -0.05) is 84.9 Å². The Hall–Kier alpha value is -3.17. The lowest BCUT2D eigenvalue weighted by Crippen LogP contribution is -2.04. The van der Waals surface area contributed by atoms with Crippen LogP contribution in [0.3, 0.4) is 0 Å². The van der Waals surface area contributed by atoms with E-state index in [4.69, 9.17) is 9.47 Å². The van der Waals surface area contributed by atoms with Gasteiger partial charge in [0.2, 0.25) is 0 Å². The second-order valence-electron chi connectivity index (χ2n) is 7.26. The molecule has 0 aliphatic heterocycles. The van der Waals surface area contributed by atoms with E-state index in [1.54, 1.807) is 14.2 Å². The molecule has 4 aromatic carbocycles. The lowest BCUT2D eigenvalue weighted by molar-refractivity contribution is 0.414. The van der Waals surface area contributed by atoms with Gasteiger partial charge in [-0.3, -0.25) is 0 Å². The first-order valence-corrected chi connectivity index (χ1v) is 11.3. The Kier molecular flexibility index (Phi) is 6.96. The van der Waals surface area contributed by atoms with Crippen LogP contribution in [0.1, 0.15) is 32.8 Å². The Bertz CT molecular complexity index is 973. The van der Waals surface area contributed by atoms with Crippen LogP contribution in [0.4, 0.5) is 0 Å². The molecule has 4 rings (SSSR count). The lowest BCUT2D eigenvalue weighted by Gasteiger charge is -2.25. The number of methoxy groups -OCH3 is 2. The quantitative estimate of drug-likeness (QED) is 0.294. The van der Waals surface area contributed by atoms with Crippen molar-refractivity contribution in [3.63, 3.8) is 0 Å². The van der Waals surface area contributed by atoms with Crippen LogP contribution in [0.2, 0.25) is 0 Å². The molecule has 3 heteroatoms. The number of ether oxygens (including phenoxy) is 2. The lowest BCUT2D eigenvalue weighted by atomic mass is 10.0. The van der Waals surface area contributed by atoms with E-state index in [1.165, 1.54) is 22.3 Å². The Morgan fingerprint density at radius 1 is 0.452 bits per heavy atom. The molecule has 0 amide bonds. The van der Waals surface area contributed by atoms with Gasteiger partial charge < -0.3 is 9.47 Å². The van der Waals surface area contributed by atoms with Crippen molar-refractivity contribution < 1.29 is 9.47 Å². The average molecular weight is 427 g/mol. The summed E-state index contributed by atoms with van der Waals surface area (Å²) in [5.41, 5.74) is 5.08. The molecule has 0 heterocycles. The molecule has 0 radical (unpaired) electrons. The molecular weight excluding hydrogens is 400 g/mol. The Balaban J connectivity index is 1.76. The van der Waals surface area contributed by atoms with E-state index in [0.717, 1.165) is 11.5 Å². The molecule has 0 N–H and O–H groups in total. The molecule has 0 aliphatic carbocycles. The van der Waals surface area contributed by atoms with Crippen molar-refractivity contribution in [3.05, 3.63) is 131 Å². The molecule has 0 aliphatic rings. The van der Waals surface area contributed by atoms with Crippen molar-refractivity contribution >= 4 is 11.8 Å². The summed E-state index contributed by atoms with van der Waals surface area (Å²) in [7, 11) is 3.40. The second kappa shape index (κ2) is 10.2. The van der Waals surface area contributed by atoms with Crippen molar-refractivity contribution in [2.45, 2.75) is 10.5 Å². The maximum Gasteiger partial charge on any atom is 0.118 e. The Labute approximate surface area is 188 Å². The van der Waals surface area contributed by atoms with Crippen LogP contribution in [-0.4, -0.2) is 14.2 Å². The van der Waals surface area contributed by atoms with Crippen LogP contribution >= 0.6 is 11.8 Å². The topological polar surface area (TPSA) is 18.5 Å². The first-order valence-electron chi connectivity index (χ1n) is 10.3. The normalized spacial score (nSPS) is 12.7. The SMILES string of the molecule is COc1ccc(C(SC(c2ccccc2)c2ccc(OC)cc2)c2ccccc2)cc1. The molecule has 0 aromatic heterocycles. The summed E-state index contributed by atoms with van der Waals surface area (Å²) in [5, 5.41) is 0.360. The minimum atomic E-state index is 0.180. The van der Waals surface area contributed by atoms with E-state index in [-0.39, 0.29) is 10.5 Å². The average Bonchev–Trinajstić information content (AvgIpc) is 2.86. The highest BCUT2D eigenvalue weighted by atomic mass is 32.2. The van der Waals surface area contributed by atoms with Crippen LogP contribution in [0.15, 0.2) is 109 Å². The zero-order valence-electron chi connectivity index (χ0n) is 17.8. The van der Waals surface area contributed by atoms with Gasteiger partial charge in [0.25, 0.3) is 0 Å². The third-order valence-corrected chi connectivity index (χ3v) is 6.95. The number of hydrogen-bond acceptors (Lipinski definition) is 3. The fourth-order valence-corrected chi connectivity index (χ4v) is 5.18. The maximum atomic E-state index is 5.38. The molecule has 2 unspecified atom stereocenters. The van der Waals surface area contributed by atoms with Gasteiger partial charge >= 0.3 is 0 Å². The van der Waals surface area contributed by atoms with Gasteiger partial charge in [-0.15, -0.1) is 11.8 Å². The summed E-state index contributed by atoms with van der Waals surface area (Å²) in [6, 6.07) is 38.2. The summed E-state index contributed by atoms with van der Waals surface area (Å²) in [6.07, 6.45) is 0. The Morgan fingerprint density at radius 3 is 1.10 bits per heavy atom. The summed E-state index contributed by atoms with van der Waals surface area (Å²) >= 11 is 1.95. The summed E-state index contributed by atoms with van der Waals surface area (Å²) < 4.78 is 10.8. The van der Waals surface area contributed by atoms with Gasteiger partial charge in [0.05, 0.1) is 24.7 Å². The third-order valence-electron chi connectivity index (χ3n) is 5.31. The zero-order valence-corrected chi connectivity index (χ0v) is 18.6. The largest absolute Gasteiger partial charge is 0.497 e. The molecule has 0 bridgehead atoms. The predicted molar refractivity (Wildman–Crippen MR) is 130 cm³/mol.